The van der Waals surface area contributed by atoms with Crippen molar-refractivity contribution in [3.8, 4) is 0 Å². The van der Waals surface area contributed by atoms with Crippen molar-refractivity contribution in [3.05, 3.63) is 95.6 Å². The summed E-state index contributed by atoms with van der Waals surface area (Å²) in [6, 6.07) is 27.2. The lowest BCUT2D eigenvalue weighted by Crippen LogP contribution is -2.09. The highest BCUT2D eigenvalue weighted by Crippen LogP contribution is 2.33. The van der Waals surface area contributed by atoms with Crippen molar-refractivity contribution >= 4 is 50.5 Å². The van der Waals surface area contributed by atoms with Gasteiger partial charge < -0.3 is 15.2 Å². The molecule has 31 heavy (non-hydrogen) atoms. The molecule has 6 nitrogen and oxygen atoms in total. The van der Waals surface area contributed by atoms with E-state index in [-0.39, 0.29) is 5.78 Å². The normalized spacial score (nSPS) is 10.9. The molecule has 0 fully saturated rings. The second-order valence-corrected chi connectivity index (χ2v) is 7.99. The number of rotatable bonds is 6. The van der Waals surface area contributed by atoms with Gasteiger partial charge in [-0.15, -0.1) is 0 Å². The van der Waals surface area contributed by atoms with E-state index in [0.29, 0.717) is 21.7 Å². The van der Waals surface area contributed by atoms with E-state index in [4.69, 9.17) is 0 Å². The van der Waals surface area contributed by atoms with Crippen LogP contribution in [0.4, 0.5) is 22.3 Å². The third-order valence-electron chi connectivity index (χ3n) is 4.89. The molecule has 2 aromatic heterocycles. The van der Waals surface area contributed by atoms with Gasteiger partial charge in [0, 0.05) is 18.4 Å². The van der Waals surface area contributed by atoms with Gasteiger partial charge in [-0.25, -0.2) is 9.97 Å². The van der Waals surface area contributed by atoms with Crippen molar-refractivity contribution in [2.24, 2.45) is 7.05 Å². The van der Waals surface area contributed by atoms with Crippen LogP contribution in [-0.4, -0.2) is 20.3 Å². The average molecular weight is 426 g/mol. The fourth-order valence-corrected chi connectivity index (χ4v) is 4.24. The molecule has 0 bridgehead atoms. The summed E-state index contributed by atoms with van der Waals surface area (Å²) in [5, 5.41) is 7.20. The molecule has 0 saturated carbocycles. The molecule has 5 rings (SSSR count). The van der Waals surface area contributed by atoms with Gasteiger partial charge >= 0.3 is 0 Å². The number of fused-ring (bicyclic) bond motifs is 1. The van der Waals surface area contributed by atoms with Crippen LogP contribution in [0.3, 0.4) is 0 Å². The first-order chi connectivity index (χ1) is 15.2. The number of carbonyl (C=O) groups is 1. The molecular weight excluding hydrogens is 406 g/mol. The van der Waals surface area contributed by atoms with Crippen molar-refractivity contribution in [1.82, 2.24) is 14.5 Å². The molecule has 0 aliphatic carbocycles. The third-order valence-corrected chi connectivity index (χ3v) is 5.85. The first-order valence-electron chi connectivity index (χ1n) is 9.80. The lowest BCUT2D eigenvalue weighted by molar-refractivity contribution is 0.103. The van der Waals surface area contributed by atoms with Crippen molar-refractivity contribution in [1.29, 1.82) is 0 Å². The maximum absolute atomic E-state index is 13.5. The van der Waals surface area contributed by atoms with E-state index in [1.54, 1.807) is 0 Å². The van der Waals surface area contributed by atoms with Crippen LogP contribution in [-0.2, 0) is 7.05 Å². The molecule has 152 valence electrons. The van der Waals surface area contributed by atoms with E-state index < -0.39 is 0 Å². The van der Waals surface area contributed by atoms with Crippen LogP contribution in [0, 0.1) is 0 Å². The molecule has 0 atom stereocenters. The molecular formula is C24H19N5OS. The molecule has 3 aromatic carbocycles. The summed E-state index contributed by atoms with van der Waals surface area (Å²) in [7, 11) is 1.86. The lowest BCUT2D eigenvalue weighted by atomic mass is 10.3. The van der Waals surface area contributed by atoms with E-state index in [1.807, 2.05) is 96.5 Å². The number of hydrogen-bond acceptors (Lipinski definition) is 6. The van der Waals surface area contributed by atoms with Gasteiger partial charge in [0.05, 0.1) is 11.0 Å². The van der Waals surface area contributed by atoms with Crippen LogP contribution in [0.1, 0.15) is 15.5 Å². The molecule has 5 aromatic rings. The maximum Gasteiger partial charge on any atom is 0.242 e. The number of carbonyl (C=O) groups excluding carboxylic acids is 1. The summed E-state index contributed by atoms with van der Waals surface area (Å²) >= 11 is 1.31. The smallest absolute Gasteiger partial charge is 0.242 e. The van der Waals surface area contributed by atoms with E-state index >= 15 is 0 Å². The van der Waals surface area contributed by atoms with Gasteiger partial charge in [0.1, 0.15) is 4.88 Å². The number of imidazole rings is 1. The van der Waals surface area contributed by atoms with Gasteiger partial charge in [0.25, 0.3) is 0 Å². The van der Waals surface area contributed by atoms with E-state index in [2.05, 4.69) is 20.6 Å². The van der Waals surface area contributed by atoms with Crippen LogP contribution < -0.4 is 10.6 Å². The second-order valence-electron chi connectivity index (χ2n) is 6.99. The maximum atomic E-state index is 13.5. The Morgan fingerprint density at radius 3 is 2.10 bits per heavy atom. The number of benzene rings is 3. The largest absolute Gasteiger partial charge is 0.339 e. The first-order valence-corrected chi connectivity index (χ1v) is 10.6. The van der Waals surface area contributed by atoms with Crippen LogP contribution in [0.25, 0.3) is 11.0 Å². The van der Waals surface area contributed by atoms with Gasteiger partial charge in [-0.05, 0) is 36.4 Å². The number of nitrogens with zero attached hydrogens (tertiary/aromatic N) is 3. The zero-order chi connectivity index (χ0) is 21.2. The number of aromatic nitrogens is 3. The molecule has 0 spiro atoms. The SMILES string of the molecule is Cn1c(C(=O)c2sc(Nc3ccccc3)nc2Nc2ccccc2)nc2ccccc21. The summed E-state index contributed by atoms with van der Waals surface area (Å²) in [5.74, 6) is 0.717. The van der Waals surface area contributed by atoms with Crippen LogP contribution in [0.2, 0.25) is 0 Å². The summed E-state index contributed by atoms with van der Waals surface area (Å²) in [6.07, 6.45) is 0. The summed E-state index contributed by atoms with van der Waals surface area (Å²) < 4.78 is 1.83. The van der Waals surface area contributed by atoms with Gasteiger partial charge in [-0.2, -0.15) is 0 Å². The van der Waals surface area contributed by atoms with Crippen LogP contribution in [0.5, 0.6) is 0 Å². The lowest BCUT2D eigenvalue weighted by Gasteiger charge is -2.05. The zero-order valence-corrected chi connectivity index (χ0v) is 17.6. The fourth-order valence-electron chi connectivity index (χ4n) is 3.37. The molecule has 2 N–H and O–H groups in total. The summed E-state index contributed by atoms with van der Waals surface area (Å²) in [5.41, 5.74) is 3.47. The summed E-state index contributed by atoms with van der Waals surface area (Å²) in [6.45, 7) is 0. The second kappa shape index (κ2) is 8.04. The Balaban J connectivity index is 1.56. The van der Waals surface area contributed by atoms with Gasteiger partial charge in [0.2, 0.25) is 5.78 Å². The van der Waals surface area contributed by atoms with Gasteiger partial charge in [-0.3, -0.25) is 4.79 Å². The highest BCUT2D eigenvalue weighted by molar-refractivity contribution is 7.18. The summed E-state index contributed by atoms with van der Waals surface area (Å²) in [4.78, 5) is 23.3. The van der Waals surface area contributed by atoms with Crippen molar-refractivity contribution in [2.45, 2.75) is 0 Å². The number of nitrogens with one attached hydrogen (secondary N) is 2. The average Bonchev–Trinajstić information content (AvgIpc) is 3.35. The minimum Gasteiger partial charge on any atom is -0.339 e. The number of anilines is 4. The highest BCUT2D eigenvalue weighted by atomic mass is 32.1. The Hall–Kier alpha value is -3.97. The standard InChI is InChI=1S/C24H19N5OS/c1-29-19-15-9-8-14-18(19)27-23(29)20(30)21-22(25-16-10-4-2-5-11-16)28-24(31-21)26-17-12-6-3-7-13-17/h2-15,25H,1H3,(H,26,28). The number of thiazole rings is 1. The predicted octanol–water partition coefficient (Wildman–Crippen LogP) is 5.75. The van der Waals surface area contributed by atoms with E-state index in [9.17, 15) is 4.79 Å². The van der Waals surface area contributed by atoms with Crippen molar-refractivity contribution in [3.63, 3.8) is 0 Å². The number of para-hydroxylation sites is 4. The molecule has 7 heteroatoms. The van der Waals surface area contributed by atoms with Crippen LogP contribution in [0.15, 0.2) is 84.9 Å². The minimum absolute atomic E-state index is 0.171. The predicted molar refractivity (Wildman–Crippen MR) is 126 cm³/mol. The molecule has 0 aliphatic rings. The van der Waals surface area contributed by atoms with Gasteiger partial charge in [-0.1, -0.05) is 59.9 Å². The molecule has 0 saturated heterocycles. The number of ketones is 1. The number of aryl methyl sites for hydroxylation is 1. The topological polar surface area (TPSA) is 71.8 Å². The monoisotopic (exact) mass is 425 g/mol. The van der Waals surface area contributed by atoms with Crippen molar-refractivity contribution < 1.29 is 4.79 Å². The Morgan fingerprint density at radius 1 is 0.806 bits per heavy atom. The highest BCUT2D eigenvalue weighted by Gasteiger charge is 2.24. The van der Waals surface area contributed by atoms with Gasteiger partial charge in [0.15, 0.2) is 16.8 Å². The molecule has 0 amide bonds. The Bertz CT molecular complexity index is 1360. The first kappa shape index (κ1) is 19.0. The molecule has 0 aliphatic heterocycles. The number of hydrogen-bond donors (Lipinski definition) is 2. The molecule has 0 unspecified atom stereocenters. The van der Waals surface area contributed by atoms with Crippen LogP contribution >= 0.6 is 11.3 Å². The Morgan fingerprint density at radius 2 is 1.42 bits per heavy atom. The third kappa shape index (κ3) is 3.78. The zero-order valence-electron chi connectivity index (χ0n) is 16.7. The molecule has 0 radical (unpaired) electrons. The Labute approximate surface area is 183 Å². The fraction of sp³-hybridized carbons (Fsp3) is 0.0417. The quantitative estimate of drug-likeness (QED) is 0.339. The van der Waals surface area contributed by atoms with E-state index in [0.717, 1.165) is 22.4 Å². The van der Waals surface area contributed by atoms with E-state index in [1.165, 1.54) is 11.3 Å². The van der Waals surface area contributed by atoms with Crippen molar-refractivity contribution in [2.75, 3.05) is 10.6 Å². The molecule has 2 heterocycles. The Kier molecular flexibility index (Phi) is 4.93. The minimum atomic E-state index is -0.171.